The van der Waals surface area contributed by atoms with E-state index in [4.69, 9.17) is 10.5 Å². The van der Waals surface area contributed by atoms with Crippen LogP contribution in [0.4, 0.5) is 5.82 Å². The van der Waals surface area contributed by atoms with Gasteiger partial charge in [-0.1, -0.05) is 26.2 Å². The summed E-state index contributed by atoms with van der Waals surface area (Å²) >= 11 is 1.67. The SMILES string of the molecule is CCCCCCOCc1nc(N)c2c(C)c(C)sc2n1. The Balaban J connectivity index is 1.98. The summed E-state index contributed by atoms with van der Waals surface area (Å²) in [6, 6.07) is 0. The van der Waals surface area contributed by atoms with E-state index in [2.05, 4.69) is 30.7 Å². The summed E-state index contributed by atoms with van der Waals surface area (Å²) in [6.07, 6.45) is 4.84. The molecule has 0 aliphatic carbocycles. The highest BCUT2D eigenvalue weighted by atomic mass is 32.1. The van der Waals surface area contributed by atoms with Gasteiger partial charge in [-0.25, -0.2) is 9.97 Å². The lowest BCUT2D eigenvalue weighted by atomic mass is 10.2. The van der Waals surface area contributed by atoms with Gasteiger partial charge in [0.1, 0.15) is 17.3 Å². The van der Waals surface area contributed by atoms with Crippen LogP contribution in [0.2, 0.25) is 0 Å². The molecule has 0 spiro atoms. The Kier molecular flexibility index (Phi) is 5.31. The lowest BCUT2D eigenvalue weighted by molar-refractivity contribution is 0.112. The minimum Gasteiger partial charge on any atom is -0.383 e. The normalized spacial score (nSPS) is 11.3. The number of nitrogen functional groups attached to an aromatic ring is 1. The van der Waals surface area contributed by atoms with E-state index in [1.807, 2.05) is 0 Å². The van der Waals surface area contributed by atoms with Crippen LogP contribution in [0.5, 0.6) is 0 Å². The number of rotatable bonds is 7. The molecule has 2 rings (SSSR count). The van der Waals surface area contributed by atoms with Gasteiger partial charge < -0.3 is 10.5 Å². The monoisotopic (exact) mass is 293 g/mol. The second-order valence-corrected chi connectivity index (χ2v) is 6.30. The Bertz CT molecular complexity index is 580. The van der Waals surface area contributed by atoms with Crippen molar-refractivity contribution in [2.45, 2.75) is 53.1 Å². The summed E-state index contributed by atoms with van der Waals surface area (Å²) in [5.74, 6) is 1.26. The van der Waals surface area contributed by atoms with Gasteiger partial charge in [0.25, 0.3) is 0 Å². The van der Waals surface area contributed by atoms with Crippen molar-refractivity contribution in [3.63, 3.8) is 0 Å². The molecular formula is C15H23N3OS. The third-order valence-electron chi connectivity index (χ3n) is 3.48. The molecule has 0 aromatic carbocycles. The first kappa shape index (κ1) is 15.2. The fourth-order valence-electron chi connectivity index (χ4n) is 2.19. The Morgan fingerprint density at radius 2 is 1.95 bits per heavy atom. The molecule has 2 aromatic heterocycles. The molecule has 0 saturated heterocycles. The average Bonchev–Trinajstić information content (AvgIpc) is 2.69. The number of nitrogens with two attached hydrogens (primary N) is 1. The molecule has 2 N–H and O–H groups in total. The molecule has 0 unspecified atom stereocenters. The van der Waals surface area contributed by atoms with E-state index in [0.29, 0.717) is 18.2 Å². The molecule has 0 atom stereocenters. The number of unbranched alkanes of at least 4 members (excludes halogenated alkanes) is 3. The number of hydrogen-bond donors (Lipinski definition) is 1. The molecule has 0 aliphatic rings. The fraction of sp³-hybridized carbons (Fsp3) is 0.600. The van der Waals surface area contributed by atoms with Gasteiger partial charge in [-0.2, -0.15) is 0 Å². The lowest BCUT2D eigenvalue weighted by Gasteiger charge is -2.05. The van der Waals surface area contributed by atoms with Crippen molar-refractivity contribution >= 4 is 27.4 Å². The lowest BCUT2D eigenvalue weighted by Crippen LogP contribution is -2.03. The van der Waals surface area contributed by atoms with Crippen molar-refractivity contribution in [3.8, 4) is 0 Å². The fourth-order valence-corrected chi connectivity index (χ4v) is 3.24. The largest absolute Gasteiger partial charge is 0.383 e. The van der Waals surface area contributed by atoms with Gasteiger partial charge in [-0.3, -0.25) is 0 Å². The van der Waals surface area contributed by atoms with Gasteiger partial charge in [0.2, 0.25) is 0 Å². The zero-order valence-corrected chi connectivity index (χ0v) is 13.3. The quantitative estimate of drug-likeness (QED) is 0.784. The van der Waals surface area contributed by atoms with E-state index in [9.17, 15) is 0 Å². The molecule has 0 aliphatic heterocycles. The molecule has 0 bridgehead atoms. The maximum atomic E-state index is 6.04. The van der Waals surface area contributed by atoms with Crippen molar-refractivity contribution in [1.29, 1.82) is 0 Å². The first-order valence-corrected chi connectivity index (χ1v) is 8.05. The Morgan fingerprint density at radius 1 is 1.15 bits per heavy atom. The molecule has 2 heterocycles. The van der Waals surface area contributed by atoms with Crippen LogP contribution >= 0.6 is 11.3 Å². The standard InChI is InChI=1S/C15H23N3OS/c1-4-5-6-7-8-19-9-12-17-14(16)13-10(2)11(3)20-15(13)18-12/h4-9H2,1-3H3,(H2,16,17,18). The summed E-state index contributed by atoms with van der Waals surface area (Å²) in [5.41, 5.74) is 7.23. The molecule has 0 amide bonds. The highest BCUT2D eigenvalue weighted by Crippen LogP contribution is 2.31. The zero-order valence-electron chi connectivity index (χ0n) is 12.5. The summed E-state index contributed by atoms with van der Waals surface area (Å²) in [5, 5.41) is 0.999. The molecule has 2 aromatic rings. The number of aromatic nitrogens is 2. The van der Waals surface area contributed by atoms with Crippen LogP contribution < -0.4 is 5.73 Å². The zero-order chi connectivity index (χ0) is 14.5. The first-order valence-electron chi connectivity index (χ1n) is 7.23. The van der Waals surface area contributed by atoms with E-state index < -0.39 is 0 Å². The highest BCUT2D eigenvalue weighted by molar-refractivity contribution is 7.18. The molecule has 20 heavy (non-hydrogen) atoms. The maximum absolute atomic E-state index is 6.04. The molecule has 0 saturated carbocycles. The van der Waals surface area contributed by atoms with E-state index in [-0.39, 0.29) is 0 Å². The van der Waals surface area contributed by atoms with Crippen molar-refractivity contribution < 1.29 is 4.74 Å². The summed E-state index contributed by atoms with van der Waals surface area (Å²) in [7, 11) is 0. The Morgan fingerprint density at radius 3 is 2.70 bits per heavy atom. The summed E-state index contributed by atoms with van der Waals surface area (Å²) in [6.45, 7) is 7.58. The van der Waals surface area contributed by atoms with E-state index >= 15 is 0 Å². The number of ether oxygens (including phenoxy) is 1. The van der Waals surface area contributed by atoms with Gasteiger partial charge >= 0.3 is 0 Å². The van der Waals surface area contributed by atoms with Gasteiger partial charge in [-0.05, 0) is 25.8 Å². The Labute approximate surface area is 124 Å². The van der Waals surface area contributed by atoms with E-state index in [1.165, 1.54) is 29.7 Å². The number of anilines is 1. The van der Waals surface area contributed by atoms with Gasteiger partial charge in [0, 0.05) is 11.5 Å². The molecular weight excluding hydrogens is 270 g/mol. The van der Waals surface area contributed by atoms with Crippen molar-refractivity contribution in [2.75, 3.05) is 12.3 Å². The van der Waals surface area contributed by atoms with Crippen LogP contribution in [0.15, 0.2) is 0 Å². The van der Waals surface area contributed by atoms with E-state index in [1.54, 1.807) is 11.3 Å². The number of thiophene rings is 1. The second kappa shape index (κ2) is 6.99. The predicted molar refractivity (Wildman–Crippen MR) is 85.1 cm³/mol. The molecule has 4 nitrogen and oxygen atoms in total. The third-order valence-corrected chi connectivity index (χ3v) is 4.58. The first-order chi connectivity index (χ1) is 9.63. The minimum atomic E-state index is 0.447. The van der Waals surface area contributed by atoms with Gasteiger partial charge in [0.15, 0.2) is 5.82 Å². The van der Waals surface area contributed by atoms with Crippen LogP contribution in [0.1, 0.15) is 48.9 Å². The van der Waals surface area contributed by atoms with Crippen molar-refractivity contribution in [1.82, 2.24) is 9.97 Å². The topological polar surface area (TPSA) is 61.0 Å². The summed E-state index contributed by atoms with van der Waals surface area (Å²) < 4.78 is 5.63. The minimum absolute atomic E-state index is 0.447. The van der Waals surface area contributed by atoms with Crippen LogP contribution in [-0.4, -0.2) is 16.6 Å². The molecule has 5 heteroatoms. The summed E-state index contributed by atoms with van der Waals surface area (Å²) in [4.78, 5) is 11.1. The van der Waals surface area contributed by atoms with Crippen LogP contribution in [0.3, 0.4) is 0 Å². The third kappa shape index (κ3) is 3.46. The van der Waals surface area contributed by atoms with Gasteiger partial charge in [-0.15, -0.1) is 11.3 Å². The maximum Gasteiger partial charge on any atom is 0.158 e. The van der Waals surface area contributed by atoms with E-state index in [0.717, 1.165) is 23.2 Å². The number of aryl methyl sites for hydroxylation is 2. The molecule has 110 valence electrons. The highest BCUT2D eigenvalue weighted by Gasteiger charge is 2.12. The number of nitrogens with zero attached hydrogens (tertiary/aromatic N) is 2. The smallest absolute Gasteiger partial charge is 0.158 e. The average molecular weight is 293 g/mol. The molecule has 0 radical (unpaired) electrons. The number of hydrogen-bond acceptors (Lipinski definition) is 5. The van der Waals surface area contributed by atoms with Crippen LogP contribution in [0.25, 0.3) is 10.2 Å². The number of fused-ring (bicyclic) bond motifs is 1. The predicted octanol–water partition coefficient (Wildman–Crippen LogP) is 3.99. The molecule has 0 fully saturated rings. The van der Waals surface area contributed by atoms with Crippen LogP contribution in [0, 0.1) is 13.8 Å². The Hall–Kier alpha value is -1.20. The van der Waals surface area contributed by atoms with Crippen molar-refractivity contribution in [2.24, 2.45) is 0 Å². The van der Waals surface area contributed by atoms with Crippen LogP contribution in [-0.2, 0) is 11.3 Å². The second-order valence-electron chi connectivity index (χ2n) is 5.10. The van der Waals surface area contributed by atoms with Crippen molar-refractivity contribution in [3.05, 3.63) is 16.3 Å². The van der Waals surface area contributed by atoms with Gasteiger partial charge in [0.05, 0.1) is 5.39 Å².